The Balaban J connectivity index is 1.41. The Morgan fingerprint density at radius 2 is 1.71 bits per heavy atom. The van der Waals surface area contributed by atoms with Crippen LogP contribution in [0.25, 0.3) is 0 Å². The Labute approximate surface area is 258 Å². The Morgan fingerprint density at radius 1 is 0.952 bits per heavy atom. The monoisotopic (exact) mass is 631 g/mol. The number of thiophene rings is 1. The minimum atomic E-state index is -0.980. The van der Waals surface area contributed by atoms with E-state index in [0.29, 0.717) is 49.8 Å². The maximum Gasteiger partial charge on any atom is 0.341 e. The molecule has 0 radical (unpaired) electrons. The van der Waals surface area contributed by atoms with Crippen molar-refractivity contribution in [2.75, 3.05) is 18.5 Å². The van der Waals surface area contributed by atoms with E-state index in [-0.39, 0.29) is 13.2 Å². The van der Waals surface area contributed by atoms with Gasteiger partial charge in [-0.1, -0.05) is 35.7 Å². The van der Waals surface area contributed by atoms with Crippen LogP contribution in [-0.4, -0.2) is 37.2 Å². The Hall–Kier alpha value is -3.60. The van der Waals surface area contributed by atoms with Gasteiger partial charge in [0.1, 0.15) is 11.6 Å². The minimum absolute atomic E-state index is 0.141. The number of aryl methyl sites for hydroxylation is 1. The van der Waals surface area contributed by atoms with Gasteiger partial charge < -0.3 is 19.5 Å². The van der Waals surface area contributed by atoms with Gasteiger partial charge in [-0.05, 0) is 81.0 Å². The average molecular weight is 633 g/mol. The maximum atomic E-state index is 12.7. The summed E-state index contributed by atoms with van der Waals surface area (Å²) in [5.41, 5.74) is 4.71. The Kier molecular flexibility index (Phi) is 11.2. The van der Waals surface area contributed by atoms with Gasteiger partial charge in [-0.2, -0.15) is 5.10 Å². The van der Waals surface area contributed by atoms with Crippen molar-refractivity contribution >= 4 is 63.5 Å². The Bertz CT molecular complexity index is 1470. The molecule has 1 aliphatic carbocycles. The first-order chi connectivity index (χ1) is 20.3. The number of halogens is 2. The number of esters is 1. The lowest BCUT2D eigenvalue weighted by molar-refractivity contribution is -0.136. The van der Waals surface area contributed by atoms with Crippen molar-refractivity contribution in [2.24, 2.45) is 5.10 Å². The van der Waals surface area contributed by atoms with Crippen molar-refractivity contribution in [1.82, 2.24) is 5.43 Å². The number of anilines is 1. The number of carbonyl (C=O) groups excluding carboxylic acids is 3. The molecule has 1 aliphatic rings. The highest BCUT2D eigenvalue weighted by atomic mass is 35.5. The second-order valence-corrected chi connectivity index (χ2v) is 11.2. The fraction of sp³-hybridized carbons (Fsp3) is 0.333. The van der Waals surface area contributed by atoms with Crippen molar-refractivity contribution in [3.8, 4) is 11.5 Å². The predicted octanol–water partition coefficient (Wildman–Crippen LogP) is 6.57. The van der Waals surface area contributed by atoms with Gasteiger partial charge in [0.2, 0.25) is 0 Å². The molecule has 1 aromatic heterocycles. The molecule has 42 heavy (non-hydrogen) atoms. The van der Waals surface area contributed by atoms with Crippen molar-refractivity contribution in [3.63, 3.8) is 0 Å². The lowest BCUT2D eigenvalue weighted by Crippen LogP contribution is -2.32. The van der Waals surface area contributed by atoms with Crippen molar-refractivity contribution < 1.29 is 28.6 Å². The molecule has 1 heterocycles. The molecule has 9 nitrogen and oxygen atoms in total. The van der Waals surface area contributed by atoms with Crippen LogP contribution in [-0.2, 0) is 33.8 Å². The fourth-order valence-electron chi connectivity index (χ4n) is 4.44. The number of nitrogens with one attached hydrogen (secondary N) is 2. The molecule has 2 amide bonds. The van der Waals surface area contributed by atoms with Gasteiger partial charge in [0, 0.05) is 20.5 Å². The lowest BCUT2D eigenvalue weighted by atomic mass is 10.1. The molecule has 0 fully saturated rings. The molecular formula is C30H31Cl2N3O6S. The van der Waals surface area contributed by atoms with E-state index in [1.807, 2.05) is 6.92 Å². The molecule has 4 rings (SSSR count). The molecule has 0 unspecified atom stereocenters. The second-order valence-electron chi connectivity index (χ2n) is 9.27. The number of carbonyl (C=O) groups is 3. The predicted molar refractivity (Wildman–Crippen MR) is 164 cm³/mol. The highest BCUT2D eigenvalue weighted by Gasteiger charge is 2.28. The van der Waals surface area contributed by atoms with Crippen LogP contribution in [0.1, 0.15) is 65.0 Å². The lowest BCUT2D eigenvalue weighted by Gasteiger charge is -2.14. The van der Waals surface area contributed by atoms with Crippen LogP contribution in [0.5, 0.6) is 11.5 Å². The van der Waals surface area contributed by atoms with Crippen LogP contribution in [0.2, 0.25) is 10.0 Å². The first-order valence-corrected chi connectivity index (χ1v) is 15.2. The summed E-state index contributed by atoms with van der Waals surface area (Å²) in [6.07, 6.45) is 5.96. The summed E-state index contributed by atoms with van der Waals surface area (Å²) in [5, 5.41) is 7.80. The topological polar surface area (TPSA) is 115 Å². The molecule has 222 valence electrons. The van der Waals surface area contributed by atoms with Crippen molar-refractivity contribution in [1.29, 1.82) is 0 Å². The summed E-state index contributed by atoms with van der Waals surface area (Å²) >= 11 is 13.8. The number of fused-ring (bicyclic) bond motifs is 1. The molecule has 3 aromatic rings. The number of rotatable bonds is 10. The van der Waals surface area contributed by atoms with E-state index in [1.54, 1.807) is 43.3 Å². The standard InChI is InChI=1S/C30H31Cl2N3O6S/c1-3-39-24-15-18(13-14-23(24)41-17-20-21(31)10-8-11-22(20)32)16-33-35-28(37)27(36)34-29-26(30(38)40-4-2)19-9-6-5-7-12-25(19)42-29/h8,10-11,13-16H,3-7,9,12,17H2,1-2H3,(H,34,36)(H,35,37). The van der Waals surface area contributed by atoms with E-state index >= 15 is 0 Å². The first-order valence-electron chi connectivity index (χ1n) is 13.6. The van der Waals surface area contributed by atoms with E-state index in [1.165, 1.54) is 17.6 Å². The van der Waals surface area contributed by atoms with Gasteiger partial charge in [0.25, 0.3) is 0 Å². The first kappa shape index (κ1) is 31.3. The molecule has 2 aromatic carbocycles. The Morgan fingerprint density at radius 3 is 2.45 bits per heavy atom. The third-order valence-electron chi connectivity index (χ3n) is 6.42. The van der Waals surface area contributed by atoms with E-state index in [0.717, 1.165) is 42.5 Å². The van der Waals surface area contributed by atoms with Crippen molar-refractivity contribution in [3.05, 3.63) is 73.6 Å². The number of hydrazone groups is 1. The number of ether oxygens (including phenoxy) is 3. The van der Waals surface area contributed by atoms with Crippen LogP contribution < -0.4 is 20.2 Å². The van der Waals surface area contributed by atoms with Crippen LogP contribution in [0.3, 0.4) is 0 Å². The smallest absolute Gasteiger partial charge is 0.341 e. The quantitative estimate of drug-likeness (QED) is 0.0860. The molecular weight excluding hydrogens is 601 g/mol. The zero-order valence-electron chi connectivity index (χ0n) is 23.3. The summed E-state index contributed by atoms with van der Waals surface area (Å²) in [7, 11) is 0. The van der Waals surface area contributed by atoms with Crippen LogP contribution in [0.4, 0.5) is 5.00 Å². The third-order valence-corrected chi connectivity index (χ3v) is 8.33. The molecule has 0 atom stereocenters. The minimum Gasteiger partial charge on any atom is -0.490 e. The third kappa shape index (κ3) is 7.81. The maximum absolute atomic E-state index is 12.7. The average Bonchev–Trinajstić information content (AvgIpc) is 3.13. The summed E-state index contributed by atoms with van der Waals surface area (Å²) in [5.74, 6) is -1.49. The van der Waals surface area contributed by atoms with Gasteiger partial charge in [-0.15, -0.1) is 11.3 Å². The number of nitrogens with zero attached hydrogens (tertiary/aromatic N) is 1. The summed E-state index contributed by atoms with van der Waals surface area (Å²) in [4.78, 5) is 39.0. The molecule has 2 N–H and O–H groups in total. The molecule has 0 spiro atoms. The van der Waals surface area contributed by atoms with Crippen LogP contribution >= 0.6 is 34.5 Å². The molecule has 0 saturated heterocycles. The number of amides is 2. The number of hydrogen-bond acceptors (Lipinski definition) is 8. The highest BCUT2D eigenvalue weighted by Crippen LogP contribution is 2.38. The fourth-order valence-corrected chi connectivity index (χ4v) is 6.22. The molecule has 0 bridgehead atoms. The summed E-state index contributed by atoms with van der Waals surface area (Å²) < 4.78 is 16.9. The van der Waals surface area contributed by atoms with E-state index in [9.17, 15) is 14.4 Å². The van der Waals surface area contributed by atoms with E-state index < -0.39 is 17.8 Å². The SMILES string of the molecule is CCOC(=O)c1c(NC(=O)C(=O)NN=Cc2ccc(OCc3c(Cl)cccc3Cl)c(OCC)c2)sc2c1CCCCC2. The van der Waals surface area contributed by atoms with Gasteiger partial charge in [0.15, 0.2) is 11.5 Å². The summed E-state index contributed by atoms with van der Waals surface area (Å²) in [6.45, 7) is 4.30. The van der Waals surface area contributed by atoms with Crippen LogP contribution in [0, 0.1) is 0 Å². The largest absolute Gasteiger partial charge is 0.490 e. The zero-order valence-corrected chi connectivity index (χ0v) is 25.6. The van der Waals surface area contributed by atoms with E-state index in [4.69, 9.17) is 37.4 Å². The molecule has 0 aliphatic heterocycles. The molecule has 12 heteroatoms. The number of hydrogen-bond donors (Lipinski definition) is 2. The second kappa shape index (κ2) is 15.0. The van der Waals surface area contributed by atoms with Gasteiger partial charge in [-0.3, -0.25) is 9.59 Å². The van der Waals surface area contributed by atoms with Crippen LogP contribution in [0.15, 0.2) is 41.5 Å². The highest BCUT2D eigenvalue weighted by molar-refractivity contribution is 7.17. The molecule has 0 saturated carbocycles. The zero-order chi connectivity index (χ0) is 30.1. The summed E-state index contributed by atoms with van der Waals surface area (Å²) in [6, 6.07) is 10.3. The normalized spacial score (nSPS) is 12.8. The van der Waals surface area contributed by atoms with E-state index in [2.05, 4.69) is 15.8 Å². The van der Waals surface area contributed by atoms with Crippen molar-refractivity contribution in [2.45, 2.75) is 52.6 Å². The van der Waals surface area contributed by atoms with Gasteiger partial charge >= 0.3 is 17.8 Å². The van der Waals surface area contributed by atoms with Gasteiger partial charge in [-0.25, -0.2) is 10.2 Å². The number of benzene rings is 2. The van der Waals surface area contributed by atoms with Gasteiger partial charge in [0.05, 0.1) is 25.0 Å².